The van der Waals surface area contributed by atoms with Gasteiger partial charge >= 0.3 is 5.97 Å². The third-order valence-electron chi connectivity index (χ3n) is 2.32. The van der Waals surface area contributed by atoms with E-state index in [0.717, 1.165) is 17.3 Å². The summed E-state index contributed by atoms with van der Waals surface area (Å²) in [6.07, 6.45) is 2.59. The molecular weight excluding hydrogens is 218 g/mol. The molecule has 0 aliphatic heterocycles. The zero-order chi connectivity index (χ0) is 12.8. The first-order valence-electron chi connectivity index (χ1n) is 5.33. The summed E-state index contributed by atoms with van der Waals surface area (Å²) in [6, 6.07) is 7.15. The van der Waals surface area contributed by atoms with Gasteiger partial charge in [0, 0.05) is 25.2 Å². The number of carbonyl (C=O) groups is 2. The number of carboxylic acids is 1. The summed E-state index contributed by atoms with van der Waals surface area (Å²) in [5.74, 6) is -0.991. The van der Waals surface area contributed by atoms with E-state index >= 15 is 0 Å². The molecule has 0 aliphatic carbocycles. The highest BCUT2D eigenvalue weighted by atomic mass is 16.4. The van der Waals surface area contributed by atoms with E-state index in [4.69, 9.17) is 5.11 Å². The molecule has 1 aromatic carbocycles. The van der Waals surface area contributed by atoms with Crippen molar-refractivity contribution in [2.75, 3.05) is 11.4 Å². The lowest BCUT2D eigenvalue weighted by molar-refractivity contribution is -0.131. The molecule has 1 amide bonds. The zero-order valence-electron chi connectivity index (χ0n) is 9.88. The minimum atomic E-state index is -0.979. The number of nitrogens with zero attached hydrogens (tertiary/aromatic N) is 1. The molecule has 0 saturated heterocycles. The van der Waals surface area contributed by atoms with E-state index in [2.05, 4.69) is 0 Å². The van der Waals surface area contributed by atoms with E-state index in [-0.39, 0.29) is 5.91 Å². The first-order valence-corrected chi connectivity index (χ1v) is 5.33. The Hall–Kier alpha value is -2.10. The highest BCUT2D eigenvalue weighted by Crippen LogP contribution is 2.16. The van der Waals surface area contributed by atoms with Crippen molar-refractivity contribution in [3.8, 4) is 0 Å². The van der Waals surface area contributed by atoms with Gasteiger partial charge in [-0.05, 0) is 30.7 Å². The molecule has 0 atom stereocenters. The summed E-state index contributed by atoms with van der Waals surface area (Å²) < 4.78 is 0. The molecule has 0 radical (unpaired) electrons. The van der Waals surface area contributed by atoms with Crippen LogP contribution in [0.2, 0.25) is 0 Å². The van der Waals surface area contributed by atoms with Gasteiger partial charge in [0.25, 0.3) is 0 Å². The van der Waals surface area contributed by atoms with Crippen LogP contribution >= 0.6 is 0 Å². The molecule has 0 spiro atoms. The van der Waals surface area contributed by atoms with E-state index in [1.807, 2.05) is 6.92 Å². The predicted molar refractivity (Wildman–Crippen MR) is 66.8 cm³/mol. The second kappa shape index (κ2) is 5.84. The van der Waals surface area contributed by atoms with Crippen LogP contribution < -0.4 is 4.90 Å². The van der Waals surface area contributed by atoms with Crippen LogP contribution in [-0.2, 0) is 9.59 Å². The van der Waals surface area contributed by atoms with Gasteiger partial charge in [0.2, 0.25) is 5.91 Å². The lowest BCUT2D eigenvalue weighted by atomic mass is 10.2. The van der Waals surface area contributed by atoms with Gasteiger partial charge in [-0.15, -0.1) is 0 Å². The van der Waals surface area contributed by atoms with Crippen LogP contribution in [0.4, 0.5) is 5.69 Å². The Labute approximate surface area is 100 Å². The normalized spacial score (nSPS) is 10.5. The average Bonchev–Trinajstić information content (AvgIpc) is 2.28. The number of benzene rings is 1. The molecule has 0 bridgehead atoms. The van der Waals surface area contributed by atoms with Gasteiger partial charge in [0.15, 0.2) is 0 Å². The lowest BCUT2D eigenvalue weighted by Gasteiger charge is -2.18. The highest BCUT2D eigenvalue weighted by molar-refractivity contribution is 5.91. The molecule has 90 valence electrons. The monoisotopic (exact) mass is 233 g/mol. The van der Waals surface area contributed by atoms with Crippen LogP contribution in [0.5, 0.6) is 0 Å². The second-order valence-electron chi connectivity index (χ2n) is 3.53. The number of rotatable bonds is 4. The van der Waals surface area contributed by atoms with Gasteiger partial charge in [-0.3, -0.25) is 4.79 Å². The van der Waals surface area contributed by atoms with Crippen LogP contribution in [0.15, 0.2) is 30.3 Å². The quantitative estimate of drug-likeness (QED) is 0.811. The molecule has 0 aromatic heterocycles. The van der Waals surface area contributed by atoms with Crippen molar-refractivity contribution >= 4 is 23.6 Å². The van der Waals surface area contributed by atoms with Crippen molar-refractivity contribution in [3.63, 3.8) is 0 Å². The number of hydrogen-bond donors (Lipinski definition) is 1. The summed E-state index contributed by atoms with van der Waals surface area (Å²) in [5, 5.41) is 8.49. The maximum atomic E-state index is 11.3. The fourth-order valence-electron chi connectivity index (χ4n) is 1.52. The Bertz CT molecular complexity index is 434. The molecule has 1 N–H and O–H groups in total. The van der Waals surface area contributed by atoms with Gasteiger partial charge in [-0.2, -0.15) is 0 Å². The first-order chi connectivity index (χ1) is 8.04. The number of carboxylic acid groups (broad SMARTS) is 1. The molecule has 0 saturated carbocycles. The Morgan fingerprint density at radius 3 is 2.29 bits per heavy atom. The lowest BCUT2D eigenvalue weighted by Crippen LogP contribution is -2.27. The Morgan fingerprint density at radius 2 is 1.88 bits per heavy atom. The standard InChI is InChI=1S/C13H15NO3/c1-3-14(10(2)15)12-7-4-11(5-8-12)6-9-13(16)17/h4-9H,3H2,1-2H3,(H,16,17)/b9-6+. The maximum Gasteiger partial charge on any atom is 0.328 e. The highest BCUT2D eigenvalue weighted by Gasteiger charge is 2.07. The molecule has 1 aromatic rings. The molecular formula is C13H15NO3. The molecule has 1 rings (SSSR count). The van der Waals surface area contributed by atoms with Crippen LogP contribution in [0.3, 0.4) is 0 Å². The summed E-state index contributed by atoms with van der Waals surface area (Å²) in [6.45, 7) is 4.03. The van der Waals surface area contributed by atoms with Gasteiger partial charge < -0.3 is 10.0 Å². The average molecular weight is 233 g/mol. The summed E-state index contributed by atoms with van der Waals surface area (Å²) >= 11 is 0. The number of carbonyl (C=O) groups excluding carboxylic acids is 1. The van der Waals surface area contributed by atoms with Crippen molar-refractivity contribution in [1.82, 2.24) is 0 Å². The number of aliphatic carboxylic acids is 1. The van der Waals surface area contributed by atoms with Crippen molar-refractivity contribution in [3.05, 3.63) is 35.9 Å². The van der Waals surface area contributed by atoms with Crippen LogP contribution in [0.1, 0.15) is 19.4 Å². The van der Waals surface area contributed by atoms with E-state index < -0.39 is 5.97 Å². The van der Waals surface area contributed by atoms with Crippen molar-refractivity contribution in [2.24, 2.45) is 0 Å². The molecule has 0 aliphatic rings. The maximum absolute atomic E-state index is 11.3. The fraction of sp³-hybridized carbons (Fsp3) is 0.231. The van der Waals surface area contributed by atoms with Crippen molar-refractivity contribution < 1.29 is 14.7 Å². The van der Waals surface area contributed by atoms with Gasteiger partial charge in [0.05, 0.1) is 0 Å². The Balaban J connectivity index is 2.87. The predicted octanol–water partition coefficient (Wildman–Crippen LogP) is 2.16. The Morgan fingerprint density at radius 1 is 1.29 bits per heavy atom. The molecule has 0 heterocycles. The van der Waals surface area contributed by atoms with Gasteiger partial charge in [-0.25, -0.2) is 4.79 Å². The van der Waals surface area contributed by atoms with E-state index in [0.29, 0.717) is 6.54 Å². The third-order valence-corrected chi connectivity index (χ3v) is 2.32. The summed E-state index contributed by atoms with van der Waals surface area (Å²) in [4.78, 5) is 23.3. The summed E-state index contributed by atoms with van der Waals surface area (Å²) in [7, 11) is 0. The van der Waals surface area contributed by atoms with Gasteiger partial charge in [0.1, 0.15) is 0 Å². The molecule has 0 fully saturated rings. The molecule has 17 heavy (non-hydrogen) atoms. The molecule has 0 unspecified atom stereocenters. The first kappa shape index (κ1) is 13.0. The SMILES string of the molecule is CCN(C(C)=O)c1ccc(/C=C/C(=O)O)cc1. The number of hydrogen-bond acceptors (Lipinski definition) is 2. The topological polar surface area (TPSA) is 57.6 Å². The fourth-order valence-corrected chi connectivity index (χ4v) is 1.52. The third kappa shape index (κ3) is 3.75. The smallest absolute Gasteiger partial charge is 0.328 e. The second-order valence-corrected chi connectivity index (χ2v) is 3.53. The van der Waals surface area contributed by atoms with Gasteiger partial charge in [-0.1, -0.05) is 12.1 Å². The summed E-state index contributed by atoms with van der Waals surface area (Å²) in [5.41, 5.74) is 1.60. The van der Waals surface area contributed by atoms with Crippen LogP contribution in [0.25, 0.3) is 6.08 Å². The largest absolute Gasteiger partial charge is 0.478 e. The van der Waals surface area contributed by atoms with E-state index in [1.54, 1.807) is 29.2 Å². The molecule has 4 heteroatoms. The van der Waals surface area contributed by atoms with E-state index in [1.165, 1.54) is 13.0 Å². The van der Waals surface area contributed by atoms with E-state index in [9.17, 15) is 9.59 Å². The minimum Gasteiger partial charge on any atom is -0.478 e. The molecule has 4 nitrogen and oxygen atoms in total. The van der Waals surface area contributed by atoms with Crippen LogP contribution in [-0.4, -0.2) is 23.5 Å². The van der Waals surface area contributed by atoms with Crippen molar-refractivity contribution in [2.45, 2.75) is 13.8 Å². The minimum absolute atomic E-state index is 0.0127. The Kier molecular flexibility index (Phi) is 4.46. The van der Waals surface area contributed by atoms with Crippen LogP contribution in [0, 0.1) is 0 Å². The number of anilines is 1. The zero-order valence-corrected chi connectivity index (χ0v) is 9.88. The number of amides is 1. The van der Waals surface area contributed by atoms with Crippen molar-refractivity contribution in [1.29, 1.82) is 0 Å².